The summed E-state index contributed by atoms with van der Waals surface area (Å²) < 4.78 is 23.7. The maximum atomic E-state index is 11.9. The smallest absolute Gasteiger partial charge is 0.268 e. The Bertz CT molecular complexity index is 211. The van der Waals surface area contributed by atoms with Crippen molar-refractivity contribution in [2.24, 2.45) is 0 Å². The number of benzene rings is 1. The van der Waals surface area contributed by atoms with E-state index in [2.05, 4.69) is 0 Å². The Morgan fingerprint density at radius 3 is 2.09 bits per heavy atom. The Morgan fingerprint density at radius 1 is 1.09 bits per heavy atom. The normalized spacial score (nSPS) is 13.5. The molecular formula is C8H8F2O. The summed E-state index contributed by atoms with van der Waals surface area (Å²) in [5.41, 5.74) is 0.252. The van der Waals surface area contributed by atoms with Crippen LogP contribution in [0.5, 0.6) is 0 Å². The summed E-state index contributed by atoms with van der Waals surface area (Å²) in [5.74, 6) is 0. The quantitative estimate of drug-likeness (QED) is 0.697. The summed E-state index contributed by atoms with van der Waals surface area (Å²) in [7, 11) is 0. The van der Waals surface area contributed by atoms with Crippen molar-refractivity contribution in [2.45, 2.75) is 12.5 Å². The molecular weight excluding hydrogens is 150 g/mol. The van der Waals surface area contributed by atoms with Gasteiger partial charge in [-0.15, -0.1) is 0 Å². The van der Waals surface area contributed by atoms with Gasteiger partial charge in [0.25, 0.3) is 6.43 Å². The molecule has 1 aromatic carbocycles. The first-order valence-electron chi connectivity index (χ1n) is 3.23. The lowest BCUT2D eigenvalue weighted by Crippen LogP contribution is -2.07. The predicted molar refractivity (Wildman–Crippen MR) is 37.4 cm³/mol. The van der Waals surface area contributed by atoms with Gasteiger partial charge >= 0.3 is 0 Å². The van der Waals surface area contributed by atoms with Gasteiger partial charge in [-0.3, -0.25) is 0 Å². The van der Waals surface area contributed by atoms with E-state index in [4.69, 9.17) is 5.11 Å². The first-order chi connectivity index (χ1) is 5.22. The van der Waals surface area contributed by atoms with Crippen LogP contribution < -0.4 is 0 Å². The number of hydrogen-bond acceptors (Lipinski definition) is 1. The Morgan fingerprint density at radius 2 is 1.64 bits per heavy atom. The molecule has 0 amide bonds. The zero-order chi connectivity index (χ0) is 8.27. The molecule has 0 aliphatic heterocycles. The molecule has 1 nitrogen and oxygen atoms in total. The van der Waals surface area contributed by atoms with Crippen molar-refractivity contribution >= 4 is 0 Å². The van der Waals surface area contributed by atoms with Gasteiger partial charge in [-0.25, -0.2) is 8.78 Å². The van der Waals surface area contributed by atoms with Gasteiger partial charge in [0.2, 0.25) is 0 Å². The third-order valence-electron chi connectivity index (χ3n) is 1.38. The fourth-order valence-corrected chi connectivity index (χ4v) is 0.796. The number of hydrogen-bond donors (Lipinski definition) is 1. The first kappa shape index (κ1) is 8.14. The maximum Gasteiger partial charge on any atom is 0.268 e. The van der Waals surface area contributed by atoms with Crippen LogP contribution in [0.4, 0.5) is 8.78 Å². The predicted octanol–water partition coefficient (Wildman–Crippen LogP) is 1.99. The molecule has 0 aliphatic carbocycles. The molecule has 0 saturated carbocycles. The summed E-state index contributed by atoms with van der Waals surface area (Å²) in [6, 6.07) is 7.87. The van der Waals surface area contributed by atoms with Gasteiger partial charge in [-0.05, 0) is 5.56 Å². The second-order valence-electron chi connectivity index (χ2n) is 2.19. The number of aliphatic hydroxyl groups excluding tert-OH is 1. The topological polar surface area (TPSA) is 20.2 Å². The first-order valence-corrected chi connectivity index (χ1v) is 3.23. The minimum absolute atomic E-state index is 0.252. The lowest BCUT2D eigenvalue weighted by molar-refractivity contribution is -0.00577. The summed E-state index contributed by atoms with van der Waals surface area (Å²) in [5, 5.41) is 8.85. The van der Waals surface area contributed by atoms with Crippen molar-refractivity contribution in [3.63, 3.8) is 0 Å². The van der Waals surface area contributed by atoms with E-state index in [0.29, 0.717) is 0 Å². The largest absolute Gasteiger partial charge is 0.382 e. The Labute approximate surface area is 63.3 Å². The summed E-state index contributed by atoms with van der Waals surface area (Å²) in [4.78, 5) is 0. The Kier molecular flexibility index (Phi) is 2.54. The zero-order valence-corrected chi connectivity index (χ0v) is 5.74. The van der Waals surface area contributed by atoms with Gasteiger partial charge < -0.3 is 5.11 Å². The van der Waals surface area contributed by atoms with Crippen molar-refractivity contribution in [3.8, 4) is 0 Å². The monoisotopic (exact) mass is 158 g/mol. The van der Waals surface area contributed by atoms with Crippen LogP contribution >= 0.6 is 0 Å². The van der Waals surface area contributed by atoms with Gasteiger partial charge in [-0.1, -0.05) is 30.3 Å². The lowest BCUT2D eigenvalue weighted by atomic mass is 10.1. The highest BCUT2D eigenvalue weighted by molar-refractivity contribution is 5.17. The molecule has 1 aromatic rings. The third-order valence-corrected chi connectivity index (χ3v) is 1.38. The van der Waals surface area contributed by atoms with E-state index < -0.39 is 12.5 Å². The second kappa shape index (κ2) is 3.44. The highest BCUT2D eigenvalue weighted by Gasteiger charge is 2.17. The number of alkyl halides is 2. The van der Waals surface area contributed by atoms with E-state index >= 15 is 0 Å². The van der Waals surface area contributed by atoms with Crippen LogP contribution in [0.3, 0.4) is 0 Å². The highest BCUT2D eigenvalue weighted by Crippen LogP contribution is 2.18. The standard InChI is InChI=1S/C8H8F2O/c9-8(10)7(11)6-4-2-1-3-5-6/h1-5,7-8,11H. The summed E-state index contributed by atoms with van der Waals surface area (Å²) in [6.45, 7) is 0. The fraction of sp³-hybridized carbons (Fsp3) is 0.250. The maximum absolute atomic E-state index is 11.9. The fourth-order valence-electron chi connectivity index (χ4n) is 0.796. The molecule has 0 bridgehead atoms. The molecule has 0 heterocycles. The van der Waals surface area contributed by atoms with Crippen molar-refractivity contribution in [1.29, 1.82) is 0 Å². The third kappa shape index (κ3) is 1.98. The van der Waals surface area contributed by atoms with E-state index in [1.807, 2.05) is 0 Å². The molecule has 0 saturated heterocycles. The zero-order valence-electron chi connectivity index (χ0n) is 5.74. The average Bonchev–Trinajstić information content (AvgIpc) is 2.05. The molecule has 1 N–H and O–H groups in total. The van der Waals surface area contributed by atoms with E-state index in [-0.39, 0.29) is 5.56 Å². The van der Waals surface area contributed by atoms with Crippen LogP contribution in [0.1, 0.15) is 11.7 Å². The van der Waals surface area contributed by atoms with E-state index in [9.17, 15) is 8.78 Å². The van der Waals surface area contributed by atoms with Gasteiger partial charge in [0, 0.05) is 0 Å². The molecule has 60 valence electrons. The SMILES string of the molecule is OC(c1ccccc1)C(F)F. The van der Waals surface area contributed by atoms with E-state index in [1.165, 1.54) is 12.1 Å². The average molecular weight is 158 g/mol. The Balaban J connectivity index is 2.77. The van der Waals surface area contributed by atoms with Crippen LogP contribution in [0.15, 0.2) is 30.3 Å². The molecule has 0 aromatic heterocycles. The Hall–Kier alpha value is -0.960. The molecule has 1 atom stereocenters. The van der Waals surface area contributed by atoms with Gasteiger partial charge in [0.15, 0.2) is 0 Å². The van der Waals surface area contributed by atoms with E-state index in [1.54, 1.807) is 18.2 Å². The van der Waals surface area contributed by atoms with Crippen LogP contribution in [0, 0.1) is 0 Å². The van der Waals surface area contributed by atoms with Crippen LogP contribution in [0.25, 0.3) is 0 Å². The van der Waals surface area contributed by atoms with Crippen molar-refractivity contribution in [2.75, 3.05) is 0 Å². The minimum Gasteiger partial charge on any atom is -0.382 e. The minimum atomic E-state index is -2.71. The van der Waals surface area contributed by atoms with Gasteiger partial charge in [0.1, 0.15) is 6.10 Å². The molecule has 11 heavy (non-hydrogen) atoms. The van der Waals surface area contributed by atoms with Crippen molar-refractivity contribution in [1.82, 2.24) is 0 Å². The molecule has 3 heteroatoms. The number of aliphatic hydroxyl groups is 1. The van der Waals surface area contributed by atoms with Crippen LogP contribution in [-0.4, -0.2) is 11.5 Å². The number of rotatable bonds is 2. The molecule has 1 unspecified atom stereocenters. The number of halogens is 2. The highest BCUT2D eigenvalue weighted by atomic mass is 19.3. The van der Waals surface area contributed by atoms with Crippen molar-refractivity contribution in [3.05, 3.63) is 35.9 Å². The second-order valence-corrected chi connectivity index (χ2v) is 2.19. The van der Waals surface area contributed by atoms with Crippen LogP contribution in [-0.2, 0) is 0 Å². The van der Waals surface area contributed by atoms with Crippen LogP contribution in [0.2, 0.25) is 0 Å². The molecule has 0 radical (unpaired) electrons. The van der Waals surface area contributed by atoms with Crippen molar-refractivity contribution < 1.29 is 13.9 Å². The summed E-state index contributed by atoms with van der Waals surface area (Å²) >= 11 is 0. The molecule has 0 spiro atoms. The van der Waals surface area contributed by atoms with E-state index in [0.717, 1.165) is 0 Å². The lowest BCUT2D eigenvalue weighted by Gasteiger charge is -2.08. The molecule has 0 fully saturated rings. The van der Waals surface area contributed by atoms with Gasteiger partial charge in [0.05, 0.1) is 0 Å². The molecule has 1 rings (SSSR count). The van der Waals surface area contributed by atoms with Gasteiger partial charge in [-0.2, -0.15) is 0 Å². The molecule has 0 aliphatic rings. The summed E-state index contributed by atoms with van der Waals surface area (Å²) in [6.07, 6.45) is -4.37.